The van der Waals surface area contributed by atoms with Gasteiger partial charge in [-0.2, -0.15) is 8.78 Å². The summed E-state index contributed by atoms with van der Waals surface area (Å²) >= 11 is 0.396. The molecule has 110 valence electrons. The van der Waals surface area contributed by atoms with Gasteiger partial charge in [-0.15, -0.1) is 0 Å². The first kappa shape index (κ1) is 15.2. The molecule has 1 heterocycles. The largest absolute Gasteiger partial charge is 0.334 e. The van der Waals surface area contributed by atoms with Gasteiger partial charge in [0.25, 0.3) is 5.76 Å². The molecule has 0 unspecified atom stereocenters. The molecule has 0 aliphatic heterocycles. The molecule has 1 aromatic heterocycles. The topological polar surface area (TPSA) is 54.0 Å². The fourth-order valence-corrected chi connectivity index (χ4v) is 2.22. The van der Waals surface area contributed by atoms with Crippen LogP contribution in [0.1, 0.15) is 5.56 Å². The van der Waals surface area contributed by atoms with Crippen LogP contribution in [0.5, 0.6) is 0 Å². The van der Waals surface area contributed by atoms with Crippen LogP contribution in [0.15, 0.2) is 53.7 Å². The lowest BCUT2D eigenvalue weighted by atomic mass is 10.3. The van der Waals surface area contributed by atoms with Crippen LogP contribution in [0.2, 0.25) is 0 Å². The van der Waals surface area contributed by atoms with E-state index < -0.39 is 11.8 Å². The van der Waals surface area contributed by atoms with Gasteiger partial charge in [-0.3, -0.25) is 4.98 Å². The number of carbonyl (C=O) groups excluding carboxylic acids is 1. The number of carbonyl (C=O) groups is 1. The van der Waals surface area contributed by atoms with Crippen molar-refractivity contribution in [2.24, 2.45) is 0 Å². The van der Waals surface area contributed by atoms with Gasteiger partial charge in [-0.25, -0.2) is 4.79 Å². The monoisotopic (exact) mass is 309 g/mol. The number of rotatable bonds is 5. The number of anilines is 1. The van der Waals surface area contributed by atoms with Gasteiger partial charge in [-0.05, 0) is 23.8 Å². The lowest BCUT2D eigenvalue weighted by Gasteiger charge is -2.11. The summed E-state index contributed by atoms with van der Waals surface area (Å²) in [6.07, 6.45) is 3.28. The van der Waals surface area contributed by atoms with Crippen LogP contribution in [0, 0.1) is 0 Å². The second-order valence-corrected chi connectivity index (χ2v) is 5.08. The molecule has 0 aliphatic rings. The third-order valence-corrected chi connectivity index (χ3v) is 3.32. The van der Waals surface area contributed by atoms with Crippen molar-refractivity contribution < 1.29 is 13.6 Å². The van der Waals surface area contributed by atoms with Crippen LogP contribution >= 0.6 is 11.8 Å². The number of amides is 2. The van der Waals surface area contributed by atoms with Crippen molar-refractivity contribution in [3.63, 3.8) is 0 Å². The molecule has 2 amide bonds. The second-order valence-electron chi connectivity index (χ2n) is 4.04. The molecule has 0 saturated heterocycles. The molecule has 0 saturated carbocycles. The molecule has 2 N–H and O–H groups in total. The fraction of sp³-hybridized carbons (Fsp3) is 0.143. The van der Waals surface area contributed by atoms with Crippen LogP contribution < -0.4 is 10.6 Å². The third-order valence-electron chi connectivity index (χ3n) is 2.53. The summed E-state index contributed by atoms with van der Waals surface area (Å²) in [6.45, 7) is 0.309. The minimum absolute atomic E-state index is 0.309. The lowest BCUT2D eigenvalue weighted by molar-refractivity contribution is 0.250. The first-order valence-corrected chi connectivity index (χ1v) is 7.00. The number of alkyl halides is 2. The van der Waals surface area contributed by atoms with E-state index >= 15 is 0 Å². The standard InChI is InChI=1S/C14H13F2N3OS/c15-13(16)21-12-6-2-1-5-11(12)19-14(20)18-9-10-4-3-7-17-8-10/h1-8,13H,9H2,(H2,18,19,20). The van der Waals surface area contributed by atoms with Crippen molar-refractivity contribution in [2.75, 3.05) is 5.32 Å². The molecular formula is C14H13F2N3OS. The smallest absolute Gasteiger partial charge is 0.319 e. The van der Waals surface area contributed by atoms with Crippen molar-refractivity contribution in [1.82, 2.24) is 10.3 Å². The Morgan fingerprint density at radius 3 is 2.76 bits per heavy atom. The van der Waals surface area contributed by atoms with Gasteiger partial charge in [0.1, 0.15) is 0 Å². The predicted octanol–water partition coefficient (Wildman–Crippen LogP) is 3.72. The zero-order valence-electron chi connectivity index (χ0n) is 10.9. The number of aromatic nitrogens is 1. The van der Waals surface area contributed by atoms with Crippen molar-refractivity contribution in [2.45, 2.75) is 17.2 Å². The number of para-hydroxylation sites is 1. The Morgan fingerprint density at radius 2 is 2.05 bits per heavy atom. The Hall–Kier alpha value is -2.15. The Labute approximate surface area is 125 Å². The zero-order valence-corrected chi connectivity index (χ0v) is 11.7. The number of nitrogens with one attached hydrogen (secondary N) is 2. The molecule has 7 heteroatoms. The predicted molar refractivity (Wildman–Crippen MR) is 78.4 cm³/mol. The van der Waals surface area contributed by atoms with E-state index in [0.29, 0.717) is 28.9 Å². The van der Waals surface area contributed by atoms with Crippen molar-refractivity contribution in [3.8, 4) is 0 Å². The SMILES string of the molecule is O=C(NCc1cccnc1)Nc1ccccc1SC(F)F. The molecule has 0 spiro atoms. The van der Waals surface area contributed by atoms with Crippen molar-refractivity contribution in [1.29, 1.82) is 0 Å². The van der Waals surface area contributed by atoms with E-state index in [-0.39, 0.29) is 0 Å². The highest BCUT2D eigenvalue weighted by molar-refractivity contribution is 7.99. The molecule has 0 radical (unpaired) electrons. The molecule has 2 rings (SSSR count). The molecule has 2 aromatic rings. The van der Waals surface area contributed by atoms with Gasteiger partial charge in [0.2, 0.25) is 0 Å². The maximum atomic E-state index is 12.4. The maximum absolute atomic E-state index is 12.4. The summed E-state index contributed by atoms with van der Waals surface area (Å²) < 4.78 is 24.9. The van der Waals surface area contributed by atoms with E-state index in [1.54, 1.807) is 36.7 Å². The molecule has 0 bridgehead atoms. The van der Waals surface area contributed by atoms with E-state index in [0.717, 1.165) is 5.56 Å². The zero-order chi connectivity index (χ0) is 15.1. The van der Waals surface area contributed by atoms with Gasteiger partial charge in [-0.1, -0.05) is 30.0 Å². The van der Waals surface area contributed by atoms with Crippen LogP contribution in [0.4, 0.5) is 19.3 Å². The van der Waals surface area contributed by atoms with Gasteiger partial charge >= 0.3 is 6.03 Å². The lowest BCUT2D eigenvalue weighted by Crippen LogP contribution is -2.28. The van der Waals surface area contributed by atoms with E-state index in [1.807, 2.05) is 6.07 Å². The van der Waals surface area contributed by atoms with Crippen LogP contribution in [0.25, 0.3) is 0 Å². The number of hydrogen-bond donors (Lipinski definition) is 2. The first-order chi connectivity index (χ1) is 10.1. The number of benzene rings is 1. The Morgan fingerprint density at radius 1 is 1.24 bits per heavy atom. The number of thioether (sulfide) groups is 1. The quantitative estimate of drug-likeness (QED) is 0.828. The molecular weight excluding hydrogens is 296 g/mol. The van der Waals surface area contributed by atoms with E-state index in [1.165, 1.54) is 6.07 Å². The number of pyridine rings is 1. The second kappa shape index (κ2) is 7.58. The Bertz CT molecular complexity index is 596. The Kier molecular flexibility index (Phi) is 5.51. The fourth-order valence-electron chi connectivity index (χ4n) is 1.62. The van der Waals surface area contributed by atoms with Gasteiger partial charge in [0.15, 0.2) is 0 Å². The summed E-state index contributed by atoms with van der Waals surface area (Å²) in [5.74, 6) is -2.54. The van der Waals surface area contributed by atoms with Crippen LogP contribution in [-0.4, -0.2) is 16.8 Å². The number of nitrogens with zero attached hydrogens (tertiary/aromatic N) is 1. The van der Waals surface area contributed by atoms with Crippen molar-refractivity contribution >= 4 is 23.5 Å². The molecule has 1 aromatic carbocycles. The average Bonchev–Trinajstić information content (AvgIpc) is 2.48. The summed E-state index contributed by atoms with van der Waals surface area (Å²) in [6, 6.07) is 9.57. The summed E-state index contributed by atoms with van der Waals surface area (Å²) in [7, 11) is 0. The minimum atomic E-state index is -2.54. The molecule has 0 atom stereocenters. The van der Waals surface area contributed by atoms with Crippen molar-refractivity contribution in [3.05, 3.63) is 54.4 Å². The minimum Gasteiger partial charge on any atom is -0.334 e. The van der Waals surface area contributed by atoms with E-state index in [9.17, 15) is 13.6 Å². The summed E-state index contributed by atoms with van der Waals surface area (Å²) in [4.78, 5) is 16.0. The number of urea groups is 1. The highest BCUT2D eigenvalue weighted by atomic mass is 32.2. The molecule has 21 heavy (non-hydrogen) atoms. The Balaban J connectivity index is 1.93. The maximum Gasteiger partial charge on any atom is 0.319 e. The summed E-state index contributed by atoms with van der Waals surface area (Å²) in [5, 5.41) is 5.20. The first-order valence-electron chi connectivity index (χ1n) is 6.13. The molecule has 0 fully saturated rings. The van der Waals surface area contributed by atoms with Gasteiger partial charge < -0.3 is 10.6 Å². The number of hydrogen-bond acceptors (Lipinski definition) is 3. The van der Waals surface area contributed by atoms with Crippen LogP contribution in [-0.2, 0) is 6.54 Å². The summed E-state index contributed by atoms with van der Waals surface area (Å²) in [5.41, 5.74) is 1.20. The third kappa shape index (κ3) is 5.03. The van der Waals surface area contributed by atoms with Gasteiger partial charge in [0.05, 0.1) is 5.69 Å². The van der Waals surface area contributed by atoms with E-state index in [4.69, 9.17) is 0 Å². The highest BCUT2D eigenvalue weighted by Crippen LogP contribution is 2.31. The average molecular weight is 309 g/mol. The normalized spacial score (nSPS) is 10.4. The highest BCUT2D eigenvalue weighted by Gasteiger charge is 2.11. The van der Waals surface area contributed by atoms with E-state index in [2.05, 4.69) is 15.6 Å². The molecule has 0 aliphatic carbocycles. The van der Waals surface area contributed by atoms with Gasteiger partial charge in [0, 0.05) is 23.8 Å². The number of halogens is 2. The molecule has 4 nitrogen and oxygen atoms in total. The van der Waals surface area contributed by atoms with Crippen LogP contribution in [0.3, 0.4) is 0 Å².